The van der Waals surface area contributed by atoms with Crippen LogP contribution in [-0.2, 0) is 14.3 Å². The van der Waals surface area contributed by atoms with Crippen molar-refractivity contribution in [2.75, 3.05) is 0 Å². The number of ketones is 1. The van der Waals surface area contributed by atoms with Gasteiger partial charge in [0.05, 0.1) is 0 Å². The molecule has 0 aromatic carbocycles. The summed E-state index contributed by atoms with van der Waals surface area (Å²) in [6.45, 7) is 5.19. The molecule has 19 heavy (non-hydrogen) atoms. The summed E-state index contributed by atoms with van der Waals surface area (Å²) in [6, 6.07) is -1.41. The Morgan fingerprint density at radius 3 is 2.42 bits per heavy atom. The van der Waals surface area contributed by atoms with E-state index in [1.807, 2.05) is 0 Å². The van der Waals surface area contributed by atoms with Crippen LogP contribution in [0, 0.1) is 5.92 Å². The van der Waals surface area contributed by atoms with Gasteiger partial charge in [-0.05, 0) is 33.6 Å². The second-order valence-corrected chi connectivity index (χ2v) is 6.18. The smallest absolute Gasteiger partial charge is 0.411 e. The molecule has 0 spiro atoms. The van der Waals surface area contributed by atoms with Crippen molar-refractivity contribution in [1.29, 1.82) is 0 Å². The fraction of sp³-hybridized carbons (Fsp3) is 0.769. The van der Waals surface area contributed by atoms with Crippen molar-refractivity contribution in [3.63, 3.8) is 0 Å². The van der Waals surface area contributed by atoms with E-state index in [1.165, 1.54) is 4.90 Å². The van der Waals surface area contributed by atoms with Gasteiger partial charge in [0, 0.05) is 18.4 Å². The maximum absolute atomic E-state index is 12.2. The Morgan fingerprint density at radius 1 is 1.32 bits per heavy atom. The van der Waals surface area contributed by atoms with E-state index in [0.29, 0.717) is 12.8 Å². The van der Waals surface area contributed by atoms with Crippen molar-refractivity contribution in [1.82, 2.24) is 4.90 Å². The van der Waals surface area contributed by atoms with Gasteiger partial charge < -0.3 is 9.84 Å². The highest BCUT2D eigenvalue weighted by Crippen LogP contribution is 2.38. The summed E-state index contributed by atoms with van der Waals surface area (Å²) < 4.78 is 5.26. The molecule has 6 heteroatoms. The number of fused-ring (bicyclic) bond motifs is 3. The van der Waals surface area contributed by atoms with Crippen molar-refractivity contribution >= 4 is 17.8 Å². The second-order valence-electron chi connectivity index (χ2n) is 6.18. The third kappa shape index (κ3) is 2.57. The Morgan fingerprint density at radius 2 is 1.95 bits per heavy atom. The molecule has 3 aliphatic rings. The fourth-order valence-electron chi connectivity index (χ4n) is 2.88. The van der Waals surface area contributed by atoms with Crippen LogP contribution in [0.4, 0.5) is 4.79 Å². The van der Waals surface area contributed by atoms with E-state index in [2.05, 4.69) is 0 Å². The number of carboxylic acids is 1. The average Bonchev–Trinajstić information content (AvgIpc) is 2.25. The molecule has 106 valence electrons. The van der Waals surface area contributed by atoms with E-state index in [1.54, 1.807) is 20.8 Å². The number of aliphatic carboxylic acids is 1. The topological polar surface area (TPSA) is 83.9 Å². The van der Waals surface area contributed by atoms with Crippen LogP contribution in [0.3, 0.4) is 0 Å². The molecule has 0 aromatic heterocycles. The lowest BCUT2D eigenvalue weighted by atomic mass is 9.74. The molecule has 1 amide bonds. The average molecular weight is 269 g/mol. The number of nitrogens with zero attached hydrogens (tertiary/aromatic N) is 1. The SMILES string of the molecule is CC(C)(C)OC(=O)N1[C@@H]2CC[C@@H](C(=O)C2)[C@@H]1C(=O)O. The zero-order valence-electron chi connectivity index (χ0n) is 11.4. The molecule has 2 saturated heterocycles. The number of carbonyl (C=O) groups is 3. The van der Waals surface area contributed by atoms with Crippen LogP contribution in [0.25, 0.3) is 0 Å². The minimum atomic E-state index is -1.13. The lowest BCUT2D eigenvalue weighted by Crippen LogP contribution is -2.64. The molecule has 1 N–H and O–H groups in total. The molecule has 1 saturated carbocycles. The third-order valence-electron chi connectivity index (χ3n) is 3.59. The molecular formula is C13H19NO5. The summed E-state index contributed by atoms with van der Waals surface area (Å²) in [7, 11) is 0. The monoisotopic (exact) mass is 269 g/mol. The van der Waals surface area contributed by atoms with E-state index < -0.39 is 29.6 Å². The zero-order chi connectivity index (χ0) is 14.4. The van der Waals surface area contributed by atoms with Crippen LogP contribution in [0.2, 0.25) is 0 Å². The van der Waals surface area contributed by atoms with Gasteiger partial charge in [-0.25, -0.2) is 9.59 Å². The van der Waals surface area contributed by atoms with Crippen LogP contribution in [-0.4, -0.2) is 45.5 Å². The highest BCUT2D eigenvalue weighted by molar-refractivity contribution is 5.93. The molecule has 3 atom stereocenters. The van der Waals surface area contributed by atoms with Gasteiger partial charge in [-0.2, -0.15) is 0 Å². The Balaban J connectivity index is 2.25. The molecule has 0 unspecified atom stereocenters. The minimum Gasteiger partial charge on any atom is -0.480 e. The van der Waals surface area contributed by atoms with Gasteiger partial charge in [-0.15, -0.1) is 0 Å². The first-order valence-corrected chi connectivity index (χ1v) is 6.47. The van der Waals surface area contributed by atoms with Crippen molar-refractivity contribution in [3.8, 4) is 0 Å². The first-order chi connectivity index (χ1) is 8.70. The number of amides is 1. The normalized spacial score (nSPS) is 30.4. The van der Waals surface area contributed by atoms with E-state index in [-0.39, 0.29) is 18.2 Å². The minimum absolute atomic E-state index is 0.0524. The molecule has 1 aliphatic carbocycles. The second kappa shape index (κ2) is 4.51. The Hall–Kier alpha value is -1.59. The number of ether oxygens (including phenoxy) is 1. The van der Waals surface area contributed by atoms with Crippen LogP contribution >= 0.6 is 0 Å². The highest BCUT2D eigenvalue weighted by Gasteiger charge is 2.52. The Bertz CT molecular complexity index is 425. The number of rotatable bonds is 1. The van der Waals surface area contributed by atoms with Gasteiger partial charge in [0.2, 0.25) is 0 Å². The number of Topliss-reactive ketones (excluding diaryl/α,β-unsaturated/α-hetero) is 1. The van der Waals surface area contributed by atoms with Crippen molar-refractivity contribution in [2.24, 2.45) is 5.92 Å². The Kier molecular flexibility index (Phi) is 3.28. The number of carboxylic acid groups (broad SMARTS) is 1. The van der Waals surface area contributed by atoms with Gasteiger partial charge in [0.1, 0.15) is 17.4 Å². The van der Waals surface area contributed by atoms with Gasteiger partial charge in [0.15, 0.2) is 0 Å². The van der Waals surface area contributed by atoms with Crippen LogP contribution in [0.5, 0.6) is 0 Å². The maximum Gasteiger partial charge on any atom is 0.411 e. The predicted octanol–water partition coefficient (Wildman–Crippen LogP) is 1.43. The van der Waals surface area contributed by atoms with Crippen LogP contribution < -0.4 is 0 Å². The molecule has 6 nitrogen and oxygen atoms in total. The summed E-state index contributed by atoms with van der Waals surface area (Å²) in [6.07, 6.45) is 0.814. The Labute approximate surface area is 111 Å². The van der Waals surface area contributed by atoms with Gasteiger partial charge in [0.25, 0.3) is 0 Å². The van der Waals surface area contributed by atoms with Crippen LogP contribution in [0.1, 0.15) is 40.0 Å². The predicted molar refractivity (Wildman–Crippen MR) is 65.6 cm³/mol. The number of hydrogen-bond acceptors (Lipinski definition) is 4. The number of piperidine rings is 2. The van der Waals surface area contributed by atoms with Gasteiger partial charge in [-0.3, -0.25) is 9.69 Å². The number of carbonyl (C=O) groups excluding carboxylic acids is 2. The largest absolute Gasteiger partial charge is 0.480 e. The molecule has 2 bridgehead atoms. The first kappa shape index (κ1) is 13.8. The summed E-state index contributed by atoms with van der Waals surface area (Å²) in [4.78, 5) is 36.6. The van der Waals surface area contributed by atoms with Crippen molar-refractivity contribution in [2.45, 2.75) is 57.7 Å². The van der Waals surface area contributed by atoms with Crippen molar-refractivity contribution < 1.29 is 24.2 Å². The quantitative estimate of drug-likeness (QED) is 0.778. The zero-order valence-corrected chi connectivity index (χ0v) is 11.4. The van der Waals surface area contributed by atoms with E-state index in [9.17, 15) is 19.5 Å². The summed E-state index contributed by atoms with van der Waals surface area (Å²) >= 11 is 0. The molecule has 0 radical (unpaired) electrons. The molecule has 2 heterocycles. The maximum atomic E-state index is 12.2. The number of hydrogen-bond donors (Lipinski definition) is 1. The van der Waals surface area contributed by atoms with E-state index in [0.717, 1.165) is 0 Å². The highest BCUT2D eigenvalue weighted by atomic mass is 16.6. The third-order valence-corrected chi connectivity index (χ3v) is 3.59. The van der Waals surface area contributed by atoms with Gasteiger partial charge in [-0.1, -0.05) is 0 Å². The van der Waals surface area contributed by atoms with E-state index in [4.69, 9.17) is 4.74 Å². The molecule has 3 rings (SSSR count). The summed E-state index contributed by atoms with van der Waals surface area (Å²) in [5.41, 5.74) is -0.680. The lowest BCUT2D eigenvalue weighted by molar-refractivity contribution is -0.158. The summed E-state index contributed by atoms with van der Waals surface area (Å²) in [5.74, 6) is -1.77. The van der Waals surface area contributed by atoms with E-state index >= 15 is 0 Å². The molecule has 2 aliphatic heterocycles. The standard InChI is InChI=1S/C13H19NO5/c1-13(2,3)19-12(18)14-7-4-5-8(9(15)6-7)10(14)11(16)17/h7-8,10H,4-6H2,1-3H3,(H,16,17)/t7-,8+,10-/m1/s1. The van der Waals surface area contributed by atoms with Crippen molar-refractivity contribution in [3.05, 3.63) is 0 Å². The molecule has 0 aromatic rings. The van der Waals surface area contributed by atoms with Crippen LogP contribution in [0.15, 0.2) is 0 Å². The molecular weight excluding hydrogens is 250 g/mol. The first-order valence-electron chi connectivity index (χ1n) is 6.47. The summed E-state index contributed by atoms with van der Waals surface area (Å²) in [5, 5.41) is 9.29. The fourth-order valence-corrected chi connectivity index (χ4v) is 2.88. The van der Waals surface area contributed by atoms with Gasteiger partial charge >= 0.3 is 12.1 Å². The molecule has 3 fully saturated rings. The lowest BCUT2D eigenvalue weighted by Gasteiger charge is -2.48.